The second-order valence-electron chi connectivity index (χ2n) is 6.14. The normalized spacial score (nSPS) is 10.8. The zero-order valence-electron chi connectivity index (χ0n) is 15.9. The first-order valence-corrected chi connectivity index (χ1v) is 9.88. The van der Waals surface area contributed by atoms with E-state index in [1.165, 1.54) is 18.3 Å². The summed E-state index contributed by atoms with van der Waals surface area (Å²) in [6, 6.07) is 11.6. The van der Waals surface area contributed by atoms with Gasteiger partial charge in [-0.05, 0) is 37.6 Å². The number of halogens is 1. The molecule has 148 valence electrons. The van der Waals surface area contributed by atoms with E-state index in [-0.39, 0.29) is 11.6 Å². The van der Waals surface area contributed by atoms with Gasteiger partial charge in [-0.1, -0.05) is 35.3 Å². The average Bonchev–Trinajstić information content (AvgIpc) is 2.69. The Labute approximate surface area is 172 Å². The Morgan fingerprint density at radius 2 is 2.07 bits per heavy atom. The lowest BCUT2D eigenvalue weighted by Gasteiger charge is -2.24. The number of carbonyl (C=O) groups is 1. The van der Waals surface area contributed by atoms with Crippen LogP contribution in [0.2, 0.25) is 0 Å². The lowest BCUT2D eigenvalue weighted by Crippen LogP contribution is -2.25. The third-order valence-corrected chi connectivity index (χ3v) is 4.68. The summed E-state index contributed by atoms with van der Waals surface area (Å²) >= 11 is 3.32. The van der Waals surface area contributed by atoms with E-state index >= 15 is 0 Å². The lowest BCUT2D eigenvalue weighted by molar-refractivity contribution is -0.384. The minimum atomic E-state index is -0.441. The van der Waals surface area contributed by atoms with Gasteiger partial charge in [0.05, 0.1) is 11.1 Å². The van der Waals surface area contributed by atoms with Crippen LogP contribution in [0.1, 0.15) is 42.6 Å². The number of amides is 1. The Kier molecular flexibility index (Phi) is 8.13. The first-order valence-electron chi connectivity index (χ1n) is 9.08. The molecule has 8 heteroatoms. The molecule has 0 saturated heterocycles. The Balaban J connectivity index is 2.25. The van der Waals surface area contributed by atoms with Crippen molar-refractivity contribution in [1.82, 2.24) is 5.43 Å². The highest BCUT2D eigenvalue weighted by atomic mass is 79.9. The van der Waals surface area contributed by atoms with Crippen molar-refractivity contribution in [3.8, 4) is 0 Å². The summed E-state index contributed by atoms with van der Waals surface area (Å²) < 4.78 is 0.791. The molecule has 0 atom stereocenters. The van der Waals surface area contributed by atoms with Gasteiger partial charge in [0.25, 0.3) is 11.6 Å². The summed E-state index contributed by atoms with van der Waals surface area (Å²) in [6.45, 7) is 5.76. The van der Waals surface area contributed by atoms with Crippen molar-refractivity contribution in [1.29, 1.82) is 0 Å². The molecule has 0 unspecified atom stereocenters. The molecule has 0 saturated carbocycles. The van der Waals surface area contributed by atoms with Crippen LogP contribution in [0.3, 0.4) is 0 Å². The fourth-order valence-electron chi connectivity index (χ4n) is 2.70. The molecular weight excluding hydrogens is 424 g/mol. The topological polar surface area (TPSA) is 87.8 Å². The quantitative estimate of drug-likeness (QED) is 0.342. The van der Waals surface area contributed by atoms with Gasteiger partial charge in [-0.3, -0.25) is 14.9 Å². The van der Waals surface area contributed by atoms with E-state index in [2.05, 4.69) is 38.3 Å². The van der Waals surface area contributed by atoms with E-state index < -0.39 is 4.92 Å². The minimum absolute atomic E-state index is 0.0185. The molecule has 0 aromatic heterocycles. The van der Waals surface area contributed by atoms with E-state index in [1.54, 1.807) is 24.3 Å². The van der Waals surface area contributed by atoms with E-state index in [1.807, 2.05) is 13.0 Å². The molecule has 0 radical (unpaired) electrons. The summed E-state index contributed by atoms with van der Waals surface area (Å²) in [5.74, 6) is -0.358. The average molecular weight is 447 g/mol. The molecule has 0 aliphatic heterocycles. The highest BCUT2D eigenvalue weighted by Gasteiger charge is 2.14. The van der Waals surface area contributed by atoms with Crippen molar-refractivity contribution in [3.63, 3.8) is 0 Å². The second-order valence-corrected chi connectivity index (χ2v) is 7.06. The molecule has 7 nitrogen and oxygen atoms in total. The second kappa shape index (κ2) is 10.6. The number of nitrogens with zero attached hydrogens (tertiary/aromatic N) is 3. The summed E-state index contributed by atoms with van der Waals surface area (Å²) in [5, 5.41) is 15.2. The monoisotopic (exact) mass is 446 g/mol. The molecule has 0 spiro atoms. The first-order chi connectivity index (χ1) is 13.5. The molecule has 0 bridgehead atoms. The SMILES string of the molecule is CCCCN(CC)c1ccc([N+](=O)[O-])cc1/C=N/NC(=O)c1cccc(Br)c1. The van der Waals surface area contributed by atoms with Gasteiger partial charge in [0.15, 0.2) is 0 Å². The zero-order valence-corrected chi connectivity index (χ0v) is 17.5. The van der Waals surface area contributed by atoms with Crippen LogP contribution in [0, 0.1) is 10.1 Å². The third-order valence-electron chi connectivity index (χ3n) is 4.18. The van der Waals surface area contributed by atoms with Crippen molar-refractivity contribution in [2.75, 3.05) is 18.0 Å². The number of hydrogen-bond donors (Lipinski definition) is 1. The first kappa shape index (κ1) is 21.6. The van der Waals surface area contributed by atoms with Gasteiger partial charge in [0, 0.05) is 46.5 Å². The van der Waals surface area contributed by atoms with Crippen molar-refractivity contribution >= 4 is 39.4 Å². The van der Waals surface area contributed by atoms with Crippen molar-refractivity contribution in [3.05, 3.63) is 68.2 Å². The van der Waals surface area contributed by atoms with Crippen LogP contribution in [0.15, 0.2) is 52.0 Å². The predicted molar refractivity (Wildman–Crippen MR) is 115 cm³/mol. The number of nitro groups is 1. The Morgan fingerprint density at radius 3 is 2.71 bits per heavy atom. The van der Waals surface area contributed by atoms with E-state index in [0.29, 0.717) is 11.1 Å². The number of benzene rings is 2. The maximum atomic E-state index is 12.2. The number of hydrogen-bond acceptors (Lipinski definition) is 5. The summed E-state index contributed by atoms with van der Waals surface area (Å²) in [6.07, 6.45) is 3.52. The molecule has 0 aliphatic carbocycles. The van der Waals surface area contributed by atoms with Gasteiger partial charge in [-0.15, -0.1) is 0 Å². The molecule has 0 fully saturated rings. The molecule has 2 aromatic rings. The van der Waals surface area contributed by atoms with Gasteiger partial charge in [0.2, 0.25) is 0 Å². The van der Waals surface area contributed by atoms with Crippen LogP contribution in [0.5, 0.6) is 0 Å². The zero-order chi connectivity index (χ0) is 20.5. The lowest BCUT2D eigenvalue weighted by atomic mass is 10.1. The number of nitrogens with one attached hydrogen (secondary N) is 1. The molecule has 1 amide bonds. The smallest absolute Gasteiger partial charge is 0.271 e. The van der Waals surface area contributed by atoms with Crippen molar-refractivity contribution in [2.45, 2.75) is 26.7 Å². The Bertz CT molecular complexity index is 870. The molecular formula is C20H23BrN4O3. The van der Waals surface area contributed by atoms with Crippen molar-refractivity contribution in [2.24, 2.45) is 5.10 Å². The fraction of sp³-hybridized carbons (Fsp3) is 0.300. The van der Waals surface area contributed by atoms with Gasteiger partial charge in [0.1, 0.15) is 0 Å². The number of unbranched alkanes of at least 4 members (excludes halogenated alkanes) is 1. The van der Waals surface area contributed by atoms with Crippen LogP contribution >= 0.6 is 15.9 Å². The van der Waals surface area contributed by atoms with Crippen LogP contribution in [-0.4, -0.2) is 30.1 Å². The number of rotatable bonds is 9. The standard InChI is InChI=1S/C20H23BrN4O3/c1-3-5-11-24(4-2)19-10-9-18(25(27)28)13-16(19)14-22-23-20(26)15-7-6-8-17(21)12-15/h6-10,12-14H,3-5,11H2,1-2H3,(H,23,26)/b22-14+. The molecule has 0 heterocycles. The highest BCUT2D eigenvalue weighted by molar-refractivity contribution is 9.10. The number of nitro benzene ring substituents is 1. The third kappa shape index (κ3) is 5.88. The molecule has 2 aromatic carbocycles. The van der Waals surface area contributed by atoms with E-state index in [4.69, 9.17) is 0 Å². The minimum Gasteiger partial charge on any atom is -0.371 e. The van der Waals surface area contributed by atoms with Crippen LogP contribution in [0.25, 0.3) is 0 Å². The molecule has 28 heavy (non-hydrogen) atoms. The number of hydrazone groups is 1. The molecule has 0 aliphatic rings. The van der Waals surface area contributed by atoms with Gasteiger partial charge in [-0.25, -0.2) is 5.43 Å². The number of anilines is 1. The van der Waals surface area contributed by atoms with Crippen LogP contribution in [-0.2, 0) is 0 Å². The van der Waals surface area contributed by atoms with Gasteiger partial charge in [-0.2, -0.15) is 5.10 Å². The predicted octanol–water partition coefficient (Wildman–Crippen LogP) is 4.75. The Morgan fingerprint density at radius 1 is 1.29 bits per heavy atom. The molecule has 1 N–H and O–H groups in total. The van der Waals surface area contributed by atoms with E-state index in [9.17, 15) is 14.9 Å². The van der Waals surface area contributed by atoms with Gasteiger partial charge < -0.3 is 4.90 Å². The summed E-state index contributed by atoms with van der Waals surface area (Å²) in [4.78, 5) is 25.1. The maximum Gasteiger partial charge on any atom is 0.271 e. The van der Waals surface area contributed by atoms with Crippen LogP contribution in [0.4, 0.5) is 11.4 Å². The molecule has 2 rings (SSSR count). The number of non-ortho nitro benzene ring substituents is 1. The van der Waals surface area contributed by atoms with Gasteiger partial charge >= 0.3 is 0 Å². The number of carbonyl (C=O) groups excluding carboxylic acids is 1. The van der Waals surface area contributed by atoms with Crippen LogP contribution < -0.4 is 10.3 Å². The largest absolute Gasteiger partial charge is 0.371 e. The van der Waals surface area contributed by atoms with Crippen molar-refractivity contribution < 1.29 is 9.72 Å². The Hall–Kier alpha value is -2.74. The summed E-state index contributed by atoms with van der Waals surface area (Å²) in [7, 11) is 0. The highest BCUT2D eigenvalue weighted by Crippen LogP contribution is 2.24. The summed E-state index contributed by atoms with van der Waals surface area (Å²) in [5.41, 5.74) is 4.35. The fourth-order valence-corrected chi connectivity index (χ4v) is 3.10. The maximum absolute atomic E-state index is 12.2. The van der Waals surface area contributed by atoms with E-state index in [0.717, 1.165) is 36.1 Å².